The number of hydrogen-bond acceptors (Lipinski definition) is 2. The summed E-state index contributed by atoms with van der Waals surface area (Å²) in [6, 6.07) is 15.2. The second-order valence-electron chi connectivity index (χ2n) is 6.43. The number of nitrogens with zero attached hydrogens (tertiary/aromatic N) is 3. The SMILES string of the molecule is CN=C(NCc1ccc(N2CC=CC2)cc1)N(C)Cc1cccc(F)c1.I. The van der Waals surface area contributed by atoms with E-state index >= 15 is 0 Å². The van der Waals surface area contributed by atoms with E-state index in [0.29, 0.717) is 13.1 Å². The van der Waals surface area contributed by atoms with Crippen LogP contribution in [0.1, 0.15) is 11.1 Å². The van der Waals surface area contributed by atoms with Crippen LogP contribution in [0.4, 0.5) is 10.1 Å². The molecule has 2 aromatic rings. The van der Waals surface area contributed by atoms with Gasteiger partial charge < -0.3 is 15.1 Å². The number of benzene rings is 2. The lowest BCUT2D eigenvalue weighted by Crippen LogP contribution is -2.38. The molecule has 1 heterocycles. The van der Waals surface area contributed by atoms with Crippen LogP contribution in [0.5, 0.6) is 0 Å². The van der Waals surface area contributed by atoms with Crippen molar-refractivity contribution in [3.63, 3.8) is 0 Å². The fourth-order valence-electron chi connectivity index (χ4n) is 3.06. The molecule has 144 valence electrons. The summed E-state index contributed by atoms with van der Waals surface area (Å²) < 4.78 is 13.3. The zero-order valence-electron chi connectivity index (χ0n) is 15.7. The lowest BCUT2D eigenvalue weighted by Gasteiger charge is -2.22. The standard InChI is InChI=1S/C21H25FN4.HI/c1-23-21(25(2)16-18-6-5-7-19(22)14-18)24-15-17-8-10-20(11-9-17)26-12-3-4-13-26;/h3-11,14H,12-13,15-16H2,1-2H3,(H,23,24);1H. The Balaban J connectivity index is 0.00000261. The molecule has 3 rings (SSSR count). The van der Waals surface area contributed by atoms with E-state index in [1.807, 2.05) is 18.0 Å². The van der Waals surface area contributed by atoms with Crippen LogP contribution in [-0.4, -0.2) is 38.0 Å². The first-order valence-electron chi connectivity index (χ1n) is 8.81. The van der Waals surface area contributed by atoms with E-state index in [-0.39, 0.29) is 29.8 Å². The van der Waals surface area contributed by atoms with Gasteiger partial charge in [0, 0.05) is 46.0 Å². The molecule has 6 heteroatoms. The highest BCUT2D eigenvalue weighted by atomic mass is 127. The minimum atomic E-state index is -0.216. The largest absolute Gasteiger partial charge is 0.364 e. The first-order valence-corrected chi connectivity index (χ1v) is 8.81. The number of rotatable bonds is 5. The molecule has 27 heavy (non-hydrogen) atoms. The van der Waals surface area contributed by atoms with Crippen molar-refractivity contribution < 1.29 is 4.39 Å². The first-order chi connectivity index (χ1) is 12.7. The lowest BCUT2D eigenvalue weighted by molar-refractivity contribution is 0.474. The van der Waals surface area contributed by atoms with Crippen molar-refractivity contribution in [3.8, 4) is 0 Å². The van der Waals surface area contributed by atoms with Gasteiger partial charge in [-0.15, -0.1) is 24.0 Å². The quantitative estimate of drug-likeness (QED) is 0.304. The third-order valence-electron chi connectivity index (χ3n) is 4.45. The highest BCUT2D eigenvalue weighted by Crippen LogP contribution is 2.17. The number of halogens is 2. The zero-order chi connectivity index (χ0) is 18.4. The molecule has 0 aliphatic carbocycles. The highest BCUT2D eigenvalue weighted by molar-refractivity contribution is 14.0. The van der Waals surface area contributed by atoms with Crippen LogP contribution in [0.3, 0.4) is 0 Å². The van der Waals surface area contributed by atoms with E-state index in [1.165, 1.54) is 17.3 Å². The summed E-state index contributed by atoms with van der Waals surface area (Å²) in [7, 11) is 3.71. The molecule has 2 aromatic carbocycles. The van der Waals surface area contributed by atoms with Gasteiger partial charge in [-0.2, -0.15) is 0 Å². The maximum atomic E-state index is 13.3. The van der Waals surface area contributed by atoms with Gasteiger partial charge >= 0.3 is 0 Å². The molecule has 0 fully saturated rings. The number of guanidine groups is 1. The molecular weight excluding hydrogens is 454 g/mol. The van der Waals surface area contributed by atoms with E-state index in [0.717, 1.165) is 24.6 Å². The number of aliphatic imine (C=N–C) groups is 1. The van der Waals surface area contributed by atoms with Crippen LogP contribution >= 0.6 is 24.0 Å². The zero-order valence-corrected chi connectivity index (χ0v) is 18.1. The predicted octanol–water partition coefficient (Wildman–Crippen LogP) is 4.03. The average Bonchev–Trinajstić information content (AvgIpc) is 3.17. The fourth-order valence-corrected chi connectivity index (χ4v) is 3.06. The molecule has 0 atom stereocenters. The summed E-state index contributed by atoms with van der Waals surface area (Å²) in [5.41, 5.74) is 3.35. The lowest BCUT2D eigenvalue weighted by atomic mass is 10.2. The van der Waals surface area contributed by atoms with Gasteiger partial charge in [0.1, 0.15) is 5.82 Å². The topological polar surface area (TPSA) is 30.9 Å². The number of anilines is 1. The molecule has 1 N–H and O–H groups in total. The average molecular weight is 480 g/mol. The Morgan fingerprint density at radius 3 is 2.44 bits per heavy atom. The van der Waals surface area contributed by atoms with Gasteiger partial charge in [0.2, 0.25) is 0 Å². The van der Waals surface area contributed by atoms with Gasteiger partial charge in [0.05, 0.1) is 0 Å². The van der Waals surface area contributed by atoms with E-state index in [9.17, 15) is 4.39 Å². The van der Waals surface area contributed by atoms with Gasteiger partial charge in [-0.3, -0.25) is 4.99 Å². The Bertz CT molecular complexity index is 781. The minimum absolute atomic E-state index is 0. The molecule has 0 amide bonds. The van der Waals surface area contributed by atoms with E-state index in [2.05, 4.69) is 51.6 Å². The van der Waals surface area contributed by atoms with E-state index < -0.39 is 0 Å². The second-order valence-corrected chi connectivity index (χ2v) is 6.43. The van der Waals surface area contributed by atoms with Crippen LogP contribution in [0.2, 0.25) is 0 Å². The molecule has 0 spiro atoms. The molecule has 0 bridgehead atoms. The van der Waals surface area contributed by atoms with Crippen molar-refractivity contribution in [2.45, 2.75) is 13.1 Å². The maximum absolute atomic E-state index is 13.3. The Morgan fingerprint density at radius 1 is 1.11 bits per heavy atom. The molecule has 0 unspecified atom stereocenters. The molecule has 0 aromatic heterocycles. The molecule has 4 nitrogen and oxygen atoms in total. The molecule has 0 saturated carbocycles. The number of hydrogen-bond donors (Lipinski definition) is 1. The third kappa shape index (κ3) is 5.95. The van der Waals surface area contributed by atoms with Gasteiger partial charge in [-0.25, -0.2) is 4.39 Å². The molecule has 1 aliphatic heterocycles. The summed E-state index contributed by atoms with van der Waals surface area (Å²) in [6.07, 6.45) is 4.38. The number of nitrogens with one attached hydrogen (secondary N) is 1. The van der Waals surface area contributed by atoms with Crippen molar-refractivity contribution >= 4 is 35.6 Å². The smallest absolute Gasteiger partial charge is 0.193 e. The predicted molar refractivity (Wildman–Crippen MR) is 121 cm³/mol. The van der Waals surface area contributed by atoms with E-state index in [1.54, 1.807) is 19.2 Å². The van der Waals surface area contributed by atoms with Crippen molar-refractivity contribution in [3.05, 3.63) is 77.6 Å². The fraction of sp³-hybridized carbons (Fsp3) is 0.286. The first kappa shape index (κ1) is 21.2. The maximum Gasteiger partial charge on any atom is 0.193 e. The summed E-state index contributed by atoms with van der Waals surface area (Å²) >= 11 is 0. The normalized spacial score (nSPS) is 13.4. The summed E-state index contributed by atoms with van der Waals surface area (Å²) in [6.45, 7) is 3.25. The molecular formula is C21H26FIN4. The van der Waals surface area contributed by atoms with Crippen LogP contribution in [0, 0.1) is 5.82 Å². The van der Waals surface area contributed by atoms with Crippen molar-refractivity contribution in [1.82, 2.24) is 10.2 Å². The molecule has 0 radical (unpaired) electrons. The minimum Gasteiger partial charge on any atom is -0.364 e. The summed E-state index contributed by atoms with van der Waals surface area (Å²) in [4.78, 5) is 8.63. The van der Waals surface area contributed by atoms with Crippen molar-refractivity contribution in [1.29, 1.82) is 0 Å². The van der Waals surface area contributed by atoms with E-state index in [4.69, 9.17) is 0 Å². The Kier molecular flexibility index (Phi) is 8.09. The van der Waals surface area contributed by atoms with Gasteiger partial charge in [-0.1, -0.05) is 36.4 Å². The summed E-state index contributed by atoms with van der Waals surface area (Å²) in [5.74, 6) is 0.564. The van der Waals surface area contributed by atoms with Crippen LogP contribution in [-0.2, 0) is 13.1 Å². The van der Waals surface area contributed by atoms with Crippen LogP contribution in [0.25, 0.3) is 0 Å². The Hall–Kier alpha value is -2.09. The Morgan fingerprint density at radius 2 is 1.81 bits per heavy atom. The van der Waals surface area contributed by atoms with Gasteiger partial charge in [0.25, 0.3) is 0 Å². The molecule has 1 aliphatic rings. The molecule has 0 saturated heterocycles. The van der Waals surface area contributed by atoms with Crippen molar-refractivity contribution in [2.24, 2.45) is 4.99 Å². The second kappa shape index (κ2) is 10.3. The third-order valence-corrected chi connectivity index (χ3v) is 4.45. The monoisotopic (exact) mass is 480 g/mol. The van der Waals surface area contributed by atoms with Crippen LogP contribution < -0.4 is 10.2 Å². The highest BCUT2D eigenvalue weighted by Gasteiger charge is 2.09. The van der Waals surface area contributed by atoms with Crippen LogP contribution in [0.15, 0.2) is 65.7 Å². The Labute approximate surface area is 177 Å². The van der Waals surface area contributed by atoms with Gasteiger partial charge in [0.15, 0.2) is 5.96 Å². The van der Waals surface area contributed by atoms with Gasteiger partial charge in [-0.05, 0) is 35.4 Å². The summed E-state index contributed by atoms with van der Waals surface area (Å²) in [5, 5.41) is 3.37. The van der Waals surface area contributed by atoms with Crippen molar-refractivity contribution in [2.75, 3.05) is 32.1 Å².